The molecule has 0 radical (unpaired) electrons. The van der Waals surface area contributed by atoms with Crippen LogP contribution in [0.4, 0.5) is 5.69 Å². The van der Waals surface area contributed by atoms with Gasteiger partial charge in [0.2, 0.25) is 0 Å². The Hall–Kier alpha value is -1.55. The van der Waals surface area contributed by atoms with Gasteiger partial charge in [0.1, 0.15) is 10.7 Å². The lowest BCUT2D eigenvalue weighted by Crippen LogP contribution is -2.54. The lowest BCUT2D eigenvalue weighted by Gasteiger charge is -2.29. The molecule has 1 aliphatic heterocycles. The first-order valence-electron chi connectivity index (χ1n) is 6.85. The maximum Gasteiger partial charge on any atom is 0.270 e. The normalized spacial score (nSPS) is 16.4. The van der Waals surface area contributed by atoms with Crippen molar-refractivity contribution in [2.75, 3.05) is 4.90 Å². The van der Waals surface area contributed by atoms with E-state index in [-0.39, 0.29) is 15.8 Å². The molecule has 0 aliphatic carbocycles. The summed E-state index contributed by atoms with van der Waals surface area (Å²) in [4.78, 5) is 30.3. The van der Waals surface area contributed by atoms with Crippen LogP contribution in [0.2, 0.25) is 10.2 Å². The molecule has 0 spiro atoms. The van der Waals surface area contributed by atoms with Crippen molar-refractivity contribution in [1.82, 2.24) is 10.3 Å². The molecule has 0 bridgehead atoms. The van der Waals surface area contributed by atoms with Gasteiger partial charge in [-0.15, -0.1) is 0 Å². The largest absolute Gasteiger partial charge is 0.298 e. The van der Waals surface area contributed by atoms with Crippen molar-refractivity contribution in [2.24, 2.45) is 0 Å². The van der Waals surface area contributed by atoms with Crippen molar-refractivity contribution in [3.05, 3.63) is 61.4 Å². The van der Waals surface area contributed by atoms with Crippen molar-refractivity contribution in [3.63, 3.8) is 0 Å². The fourth-order valence-corrected chi connectivity index (χ4v) is 3.53. The van der Waals surface area contributed by atoms with Gasteiger partial charge in [-0.05, 0) is 71.2 Å². The molecule has 2 aromatic rings. The Balaban J connectivity index is 2.07. The van der Waals surface area contributed by atoms with Gasteiger partial charge in [-0.2, -0.15) is 0 Å². The van der Waals surface area contributed by atoms with Crippen molar-refractivity contribution in [2.45, 2.75) is 0 Å². The number of hydrogen-bond donors (Lipinski definition) is 1. The van der Waals surface area contributed by atoms with Crippen LogP contribution < -0.4 is 10.2 Å². The number of aromatic nitrogens is 1. The van der Waals surface area contributed by atoms with Crippen LogP contribution in [0.3, 0.4) is 0 Å². The van der Waals surface area contributed by atoms with Gasteiger partial charge in [-0.25, -0.2) is 4.98 Å². The number of carbonyl (C=O) groups excluding carboxylic acids is 2. The SMILES string of the molecule is O=C1NC(=S)N(c2ccc(Cl)cc2)C(=O)/C1=C/c1c(I)ccnc1Cl. The Labute approximate surface area is 172 Å². The number of pyridine rings is 1. The van der Waals surface area contributed by atoms with Gasteiger partial charge < -0.3 is 0 Å². The molecular weight excluding hydrogens is 496 g/mol. The van der Waals surface area contributed by atoms with Crippen LogP contribution in [0.1, 0.15) is 5.56 Å². The minimum atomic E-state index is -0.587. The van der Waals surface area contributed by atoms with E-state index in [0.717, 1.165) is 3.57 Å². The standard InChI is InChI=1S/C16H8Cl2IN3O2S/c17-8-1-3-9(4-2-8)22-15(24)11(14(23)21-16(22)25)7-10-12(19)5-6-20-13(10)18/h1-7H,(H,21,23,25)/b11-7+. The number of rotatable bonds is 2. The van der Waals surface area contributed by atoms with Crippen LogP contribution in [0, 0.1) is 3.57 Å². The van der Waals surface area contributed by atoms with Gasteiger partial charge in [0.05, 0.1) is 5.69 Å². The van der Waals surface area contributed by atoms with Crippen LogP contribution in [0.15, 0.2) is 42.1 Å². The van der Waals surface area contributed by atoms with E-state index in [0.29, 0.717) is 16.3 Å². The number of carbonyl (C=O) groups is 2. The predicted molar refractivity (Wildman–Crippen MR) is 110 cm³/mol. The molecule has 9 heteroatoms. The van der Waals surface area contributed by atoms with E-state index in [4.69, 9.17) is 35.4 Å². The van der Waals surface area contributed by atoms with Crippen LogP contribution in [-0.4, -0.2) is 21.9 Å². The second-order valence-electron chi connectivity index (χ2n) is 4.93. The van der Waals surface area contributed by atoms with Gasteiger partial charge in [0.15, 0.2) is 5.11 Å². The summed E-state index contributed by atoms with van der Waals surface area (Å²) in [5, 5.41) is 3.24. The first-order chi connectivity index (χ1) is 11.9. The zero-order valence-corrected chi connectivity index (χ0v) is 16.8. The summed E-state index contributed by atoms with van der Waals surface area (Å²) in [5.41, 5.74) is 0.904. The lowest BCUT2D eigenvalue weighted by atomic mass is 10.1. The highest BCUT2D eigenvalue weighted by Crippen LogP contribution is 2.26. The Bertz CT molecular complexity index is 911. The molecule has 25 heavy (non-hydrogen) atoms. The highest BCUT2D eigenvalue weighted by Gasteiger charge is 2.34. The van der Waals surface area contributed by atoms with E-state index in [1.165, 1.54) is 11.0 Å². The van der Waals surface area contributed by atoms with Crippen LogP contribution in [0.25, 0.3) is 6.08 Å². The third kappa shape index (κ3) is 3.69. The van der Waals surface area contributed by atoms with Gasteiger partial charge >= 0.3 is 0 Å². The maximum atomic E-state index is 12.9. The van der Waals surface area contributed by atoms with Gasteiger partial charge in [-0.3, -0.25) is 19.8 Å². The quantitative estimate of drug-likeness (QED) is 0.222. The highest BCUT2D eigenvalue weighted by atomic mass is 127. The van der Waals surface area contributed by atoms with E-state index < -0.39 is 11.8 Å². The van der Waals surface area contributed by atoms with E-state index in [1.807, 2.05) is 0 Å². The Morgan fingerprint density at radius 1 is 1.16 bits per heavy atom. The van der Waals surface area contributed by atoms with Gasteiger partial charge in [0.25, 0.3) is 11.8 Å². The molecule has 1 saturated heterocycles. The Morgan fingerprint density at radius 3 is 2.48 bits per heavy atom. The molecule has 2 amide bonds. The lowest BCUT2D eigenvalue weighted by molar-refractivity contribution is -0.122. The van der Waals surface area contributed by atoms with Gasteiger partial charge in [0, 0.05) is 20.4 Å². The van der Waals surface area contributed by atoms with E-state index in [9.17, 15) is 9.59 Å². The molecule has 0 unspecified atom stereocenters. The average molecular weight is 504 g/mol. The first kappa shape index (κ1) is 18.2. The Morgan fingerprint density at radius 2 is 1.84 bits per heavy atom. The molecule has 1 N–H and O–H groups in total. The summed E-state index contributed by atoms with van der Waals surface area (Å²) in [6.45, 7) is 0. The zero-order valence-electron chi connectivity index (χ0n) is 12.3. The molecule has 1 fully saturated rings. The first-order valence-corrected chi connectivity index (χ1v) is 9.10. The summed E-state index contributed by atoms with van der Waals surface area (Å²) in [6, 6.07) is 8.28. The predicted octanol–water partition coefficient (Wildman–Crippen LogP) is 3.82. The molecule has 3 rings (SSSR count). The fourth-order valence-electron chi connectivity index (χ4n) is 2.18. The van der Waals surface area contributed by atoms with E-state index in [2.05, 4.69) is 32.9 Å². The second kappa shape index (κ2) is 7.36. The summed E-state index contributed by atoms with van der Waals surface area (Å²) in [5.74, 6) is -1.14. The summed E-state index contributed by atoms with van der Waals surface area (Å²) in [6.07, 6.45) is 2.96. The molecule has 0 atom stereocenters. The minimum Gasteiger partial charge on any atom is -0.298 e. The summed E-state index contributed by atoms with van der Waals surface area (Å²) in [7, 11) is 0. The number of halogens is 3. The zero-order chi connectivity index (χ0) is 18.1. The number of amides is 2. The van der Waals surface area contributed by atoms with E-state index in [1.54, 1.807) is 36.5 Å². The van der Waals surface area contributed by atoms with Crippen molar-refractivity contribution in [3.8, 4) is 0 Å². The van der Waals surface area contributed by atoms with Crippen LogP contribution in [0.5, 0.6) is 0 Å². The number of thiocarbonyl (C=S) groups is 1. The van der Waals surface area contributed by atoms with Crippen molar-refractivity contribution < 1.29 is 9.59 Å². The number of hydrogen-bond acceptors (Lipinski definition) is 4. The van der Waals surface area contributed by atoms with E-state index >= 15 is 0 Å². The topological polar surface area (TPSA) is 62.3 Å². The third-order valence-electron chi connectivity index (χ3n) is 3.36. The number of anilines is 1. The molecule has 0 saturated carbocycles. The maximum absolute atomic E-state index is 12.9. The average Bonchev–Trinajstić information content (AvgIpc) is 2.55. The fraction of sp³-hybridized carbons (Fsp3) is 0. The number of nitrogens with zero attached hydrogens (tertiary/aromatic N) is 2. The molecule has 5 nitrogen and oxygen atoms in total. The Kier molecular flexibility index (Phi) is 5.38. The molecule has 1 aromatic carbocycles. The number of nitrogens with one attached hydrogen (secondary N) is 1. The summed E-state index contributed by atoms with van der Waals surface area (Å²) >= 11 is 19.2. The monoisotopic (exact) mass is 503 g/mol. The number of benzene rings is 1. The van der Waals surface area contributed by atoms with Crippen LogP contribution >= 0.6 is 58.0 Å². The molecule has 126 valence electrons. The summed E-state index contributed by atoms with van der Waals surface area (Å²) < 4.78 is 0.761. The molecule has 2 heterocycles. The minimum absolute atomic E-state index is 0.00135. The van der Waals surface area contributed by atoms with Crippen molar-refractivity contribution >= 4 is 86.7 Å². The van der Waals surface area contributed by atoms with Crippen LogP contribution in [-0.2, 0) is 9.59 Å². The van der Waals surface area contributed by atoms with Crippen molar-refractivity contribution in [1.29, 1.82) is 0 Å². The van der Waals surface area contributed by atoms with Gasteiger partial charge in [-0.1, -0.05) is 23.2 Å². The second-order valence-corrected chi connectivity index (χ2v) is 7.27. The highest BCUT2D eigenvalue weighted by molar-refractivity contribution is 14.1. The molecular formula is C16H8Cl2IN3O2S. The molecule has 1 aliphatic rings. The smallest absolute Gasteiger partial charge is 0.270 e. The molecule has 1 aromatic heterocycles. The third-order valence-corrected chi connectivity index (χ3v) is 5.14.